The highest BCUT2D eigenvalue weighted by Crippen LogP contribution is 2.16. The normalized spacial score (nSPS) is 10.3. The van der Waals surface area contributed by atoms with Crippen LogP contribution in [0, 0.1) is 0 Å². The van der Waals surface area contributed by atoms with E-state index in [4.69, 9.17) is 5.11 Å². The summed E-state index contributed by atoms with van der Waals surface area (Å²) in [7, 11) is 0. The Morgan fingerprint density at radius 2 is 2.06 bits per heavy atom. The van der Waals surface area contributed by atoms with Gasteiger partial charge in [0.05, 0.1) is 11.9 Å². The van der Waals surface area contributed by atoms with Crippen LogP contribution in [0.1, 0.15) is 10.5 Å². The molecule has 2 rings (SSSR count). The predicted molar refractivity (Wildman–Crippen MR) is 60.1 cm³/mol. The number of hydrogen-bond acceptors (Lipinski definition) is 4. The van der Waals surface area contributed by atoms with Crippen LogP contribution in [0.15, 0.2) is 35.4 Å². The average molecular weight is 235 g/mol. The van der Waals surface area contributed by atoms with Crippen LogP contribution in [0.2, 0.25) is 0 Å². The van der Waals surface area contributed by atoms with E-state index in [-0.39, 0.29) is 5.69 Å². The van der Waals surface area contributed by atoms with Gasteiger partial charge in [0.2, 0.25) is 0 Å². The van der Waals surface area contributed by atoms with Crippen LogP contribution in [0.3, 0.4) is 0 Å². The van der Waals surface area contributed by atoms with Crippen molar-refractivity contribution in [2.24, 2.45) is 0 Å². The first kappa shape index (κ1) is 10.7. The molecule has 0 bridgehead atoms. The molecule has 0 amide bonds. The van der Waals surface area contributed by atoms with E-state index in [9.17, 15) is 4.79 Å². The molecular weight excluding hydrogens is 226 g/mol. The third-order valence-corrected chi connectivity index (χ3v) is 2.79. The second-order valence-corrected chi connectivity index (χ2v) is 3.93. The standard InChI is InChI=1S/C10H9N3O2S/c1-16-8-4-2-7(3-5-8)13-6-9(10(14)15)11-12-13/h2-6H,1H3,(H,14,15). The summed E-state index contributed by atoms with van der Waals surface area (Å²) in [4.78, 5) is 11.8. The molecule has 6 heteroatoms. The molecular formula is C10H9N3O2S. The maximum atomic E-state index is 10.6. The van der Waals surface area contributed by atoms with Gasteiger partial charge in [-0.25, -0.2) is 9.48 Å². The molecule has 0 saturated carbocycles. The van der Waals surface area contributed by atoms with Crippen molar-refractivity contribution >= 4 is 17.7 Å². The molecule has 0 spiro atoms. The van der Waals surface area contributed by atoms with Crippen LogP contribution in [-0.4, -0.2) is 32.3 Å². The third kappa shape index (κ3) is 2.06. The summed E-state index contributed by atoms with van der Waals surface area (Å²) in [6.07, 6.45) is 3.38. The highest BCUT2D eigenvalue weighted by molar-refractivity contribution is 7.98. The molecule has 0 aliphatic carbocycles. The minimum Gasteiger partial charge on any atom is -0.476 e. The van der Waals surface area contributed by atoms with E-state index in [0.29, 0.717) is 0 Å². The highest BCUT2D eigenvalue weighted by Gasteiger charge is 2.08. The molecule has 0 saturated heterocycles. The van der Waals surface area contributed by atoms with Gasteiger partial charge in [-0.3, -0.25) is 0 Å². The van der Waals surface area contributed by atoms with E-state index in [0.717, 1.165) is 10.6 Å². The molecule has 82 valence electrons. The smallest absolute Gasteiger partial charge is 0.358 e. The van der Waals surface area contributed by atoms with Crippen LogP contribution in [0.4, 0.5) is 0 Å². The van der Waals surface area contributed by atoms with E-state index >= 15 is 0 Å². The van der Waals surface area contributed by atoms with E-state index < -0.39 is 5.97 Å². The maximum absolute atomic E-state index is 10.6. The zero-order valence-electron chi connectivity index (χ0n) is 8.49. The molecule has 5 nitrogen and oxygen atoms in total. The summed E-state index contributed by atoms with van der Waals surface area (Å²) < 4.78 is 1.44. The van der Waals surface area contributed by atoms with Crippen molar-refractivity contribution in [3.8, 4) is 5.69 Å². The quantitative estimate of drug-likeness (QED) is 0.820. The third-order valence-electron chi connectivity index (χ3n) is 2.05. The number of aromatic carboxylic acids is 1. The number of carboxylic acid groups (broad SMARTS) is 1. The summed E-state index contributed by atoms with van der Waals surface area (Å²) in [6, 6.07) is 7.63. The van der Waals surface area contributed by atoms with Gasteiger partial charge in [0.1, 0.15) is 0 Å². The van der Waals surface area contributed by atoms with Crippen molar-refractivity contribution in [2.75, 3.05) is 6.26 Å². The number of nitrogens with zero attached hydrogens (tertiary/aromatic N) is 3. The summed E-state index contributed by atoms with van der Waals surface area (Å²) in [5, 5.41) is 16.0. The van der Waals surface area contributed by atoms with E-state index in [1.807, 2.05) is 30.5 Å². The minimum atomic E-state index is -1.08. The van der Waals surface area contributed by atoms with E-state index in [1.54, 1.807) is 11.8 Å². The van der Waals surface area contributed by atoms with Crippen LogP contribution >= 0.6 is 11.8 Å². The topological polar surface area (TPSA) is 68.0 Å². The van der Waals surface area contributed by atoms with Gasteiger partial charge in [-0.05, 0) is 30.5 Å². The van der Waals surface area contributed by atoms with Gasteiger partial charge in [0, 0.05) is 4.90 Å². The summed E-state index contributed by atoms with van der Waals surface area (Å²) in [6.45, 7) is 0. The van der Waals surface area contributed by atoms with Gasteiger partial charge < -0.3 is 5.11 Å². The second kappa shape index (κ2) is 4.36. The molecule has 2 aromatic rings. The molecule has 1 N–H and O–H groups in total. The molecule has 0 aliphatic rings. The molecule has 0 atom stereocenters. The minimum absolute atomic E-state index is 0.0612. The Morgan fingerprint density at radius 1 is 1.38 bits per heavy atom. The first-order chi connectivity index (χ1) is 7.70. The van der Waals surface area contributed by atoms with Crippen molar-refractivity contribution in [2.45, 2.75) is 4.90 Å². The fraction of sp³-hybridized carbons (Fsp3) is 0.100. The lowest BCUT2D eigenvalue weighted by atomic mass is 10.3. The summed E-state index contributed by atoms with van der Waals surface area (Å²) >= 11 is 1.64. The number of benzene rings is 1. The molecule has 1 heterocycles. The Kier molecular flexibility index (Phi) is 2.91. The Morgan fingerprint density at radius 3 is 2.56 bits per heavy atom. The predicted octanol–water partition coefficient (Wildman–Crippen LogP) is 1.69. The number of aromatic nitrogens is 3. The van der Waals surface area contributed by atoms with E-state index in [2.05, 4.69) is 10.3 Å². The Hall–Kier alpha value is -1.82. The average Bonchev–Trinajstić information content (AvgIpc) is 2.78. The maximum Gasteiger partial charge on any atom is 0.358 e. The van der Waals surface area contributed by atoms with E-state index in [1.165, 1.54) is 10.9 Å². The SMILES string of the molecule is CSc1ccc(-n2cc(C(=O)O)nn2)cc1. The van der Waals surface area contributed by atoms with Crippen LogP contribution < -0.4 is 0 Å². The number of hydrogen-bond donors (Lipinski definition) is 1. The summed E-state index contributed by atoms with van der Waals surface area (Å²) in [5.41, 5.74) is 0.728. The lowest BCUT2D eigenvalue weighted by molar-refractivity contribution is 0.0690. The van der Waals surface area contributed by atoms with Gasteiger partial charge in [-0.2, -0.15) is 0 Å². The van der Waals surface area contributed by atoms with Crippen molar-refractivity contribution in [1.29, 1.82) is 0 Å². The molecule has 1 aromatic heterocycles. The van der Waals surface area contributed by atoms with Crippen molar-refractivity contribution in [3.05, 3.63) is 36.2 Å². The molecule has 0 aliphatic heterocycles. The first-order valence-electron chi connectivity index (χ1n) is 4.51. The molecule has 16 heavy (non-hydrogen) atoms. The Balaban J connectivity index is 2.31. The number of rotatable bonds is 3. The first-order valence-corrected chi connectivity index (χ1v) is 5.73. The van der Waals surface area contributed by atoms with Gasteiger partial charge >= 0.3 is 5.97 Å². The zero-order chi connectivity index (χ0) is 11.5. The molecule has 0 unspecified atom stereocenters. The Labute approximate surface area is 96.1 Å². The lowest BCUT2D eigenvalue weighted by Crippen LogP contribution is -1.95. The van der Waals surface area contributed by atoms with Gasteiger partial charge in [-0.15, -0.1) is 16.9 Å². The van der Waals surface area contributed by atoms with Crippen molar-refractivity contribution < 1.29 is 9.90 Å². The number of carboxylic acids is 1. The second-order valence-electron chi connectivity index (χ2n) is 3.05. The van der Waals surface area contributed by atoms with Gasteiger partial charge in [-0.1, -0.05) is 5.21 Å². The van der Waals surface area contributed by atoms with Gasteiger partial charge in [0.25, 0.3) is 0 Å². The molecule has 1 aromatic carbocycles. The number of carbonyl (C=O) groups is 1. The molecule has 0 fully saturated rings. The largest absolute Gasteiger partial charge is 0.476 e. The lowest BCUT2D eigenvalue weighted by Gasteiger charge is -2.00. The Bertz CT molecular complexity index is 507. The van der Waals surface area contributed by atoms with Crippen LogP contribution in [-0.2, 0) is 0 Å². The number of thioether (sulfide) groups is 1. The fourth-order valence-corrected chi connectivity index (χ4v) is 1.63. The summed E-state index contributed by atoms with van der Waals surface area (Å²) in [5.74, 6) is -1.08. The van der Waals surface area contributed by atoms with Crippen molar-refractivity contribution in [1.82, 2.24) is 15.0 Å². The zero-order valence-corrected chi connectivity index (χ0v) is 9.31. The van der Waals surface area contributed by atoms with Crippen LogP contribution in [0.5, 0.6) is 0 Å². The monoisotopic (exact) mass is 235 g/mol. The van der Waals surface area contributed by atoms with Crippen molar-refractivity contribution in [3.63, 3.8) is 0 Å². The van der Waals surface area contributed by atoms with Gasteiger partial charge in [0.15, 0.2) is 5.69 Å². The molecule has 0 radical (unpaired) electrons. The fourth-order valence-electron chi connectivity index (χ4n) is 1.22. The highest BCUT2D eigenvalue weighted by atomic mass is 32.2. The van der Waals surface area contributed by atoms with Crippen LogP contribution in [0.25, 0.3) is 5.69 Å².